The number of nitrogens with zero attached hydrogens (tertiary/aromatic N) is 1. The summed E-state index contributed by atoms with van der Waals surface area (Å²) in [4.78, 5) is 12.1. The van der Waals surface area contributed by atoms with Gasteiger partial charge in [-0.2, -0.15) is 13.2 Å². The van der Waals surface area contributed by atoms with Gasteiger partial charge in [0.15, 0.2) is 0 Å². The Labute approximate surface area is 120 Å². The number of hydrogen-bond donors (Lipinski definition) is 1. The van der Waals surface area contributed by atoms with Crippen LogP contribution in [0.4, 0.5) is 18.9 Å². The molecule has 4 nitrogen and oxygen atoms in total. The maximum absolute atomic E-state index is 12.8. The summed E-state index contributed by atoms with van der Waals surface area (Å²) in [7, 11) is 5.52. The van der Waals surface area contributed by atoms with E-state index < -0.39 is 24.3 Å². The zero-order chi connectivity index (χ0) is 15.6. The van der Waals surface area contributed by atoms with E-state index in [-0.39, 0.29) is 11.6 Å². The van der Waals surface area contributed by atoms with Crippen molar-refractivity contribution in [1.29, 1.82) is 0 Å². The first kappa shape index (κ1) is 15.7. The maximum atomic E-state index is 12.8. The quantitative estimate of drug-likeness (QED) is 0.848. The van der Waals surface area contributed by atoms with Crippen molar-refractivity contribution in [2.24, 2.45) is 0 Å². The van der Waals surface area contributed by atoms with Gasteiger partial charge in [0, 0.05) is 18.8 Å². The molecular formula is C13H13BF3NO3. The third kappa shape index (κ3) is 4.14. The Morgan fingerprint density at radius 2 is 2.14 bits per heavy atom. The number of alkyl halides is 3. The Morgan fingerprint density at radius 3 is 2.76 bits per heavy atom. The summed E-state index contributed by atoms with van der Waals surface area (Å²) >= 11 is 0. The molecule has 1 unspecified atom stereocenters. The second-order valence-corrected chi connectivity index (χ2v) is 4.87. The lowest BCUT2D eigenvalue weighted by Gasteiger charge is -2.21. The van der Waals surface area contributed by atoms with Crippen LogP contribution >= 0.6 is 0 Å². The molecule has 1 N–H and O–H groups in total. The molecule has 8 heteroatoms. The molecule has 0 aromatic heterocycles. The van der Waals surface area contributed by atoms with E-state index in [1.165, 1.54) is 6.07 Å². The van der Waals surface area contributed by atoms with E-state index in [2.05, 4.69) is 0 Å². The van der Waals surface area contributed by atoms with E-state index in [1.807, 2.05) is 0 Å². The minimum absolute atomic E-state index is 0.0368. The van der Waals surface area contributed by atoms with E-state index in [1.54, 1.807) is 4.90 Å². The summed E-state index contributed by atoms with van der Waals surface area (Å²) in [6.07, 6.45) is -4.20. The number of halogens is 3. The van der Waals surface area contributed by atoms with E-state index in [0.29, 0.717) is 25.2 Å². The minimum atomic E-state index is -4.46. The van der Waals surface area contributed by atoms with E-state index in [0.717, 1.165) is 12.1 Å². The first-order valence-corrected chi connectivity index (χ1v) is 6.32. The molecule has 1 fully saturated rings. The van der Waals surface area contributed by atoms with Gasteiger partial charge >= 0.3 is 12.1 Å². The zero-order valence-corrected chi connectivity index (χ0v) is 11.1. The Balaban J connectivity index is 2.09. The molecular weight excluding hydrogens is 286 g/mol. The van der Waals surface area contributed by atoms with Gasteiger partial charge < -0.3 is 14.7 Å². The highest BCUT2D eigenvalue weighted by atomic mass is 19.4. The summed E-state index contributed by atoms with van der Waals surface area (Å²) in [5.74, 6) is -1.07. The molecule has 1 heterocycles. The highest BCUT2D eigenvalue weighted by Crippen LogP contribution is 2.32. The van der Waals surface area contributed by atoms with Crippen molar-refractivity contribution in [3.8, 4) is 0 Å². The van der Waals surface area contributed by atoms with Crippen molar-refractivity contribution >= 4 is 25.0 Å². The van der Waals surface area contributed by atoms with Crippen LogP contribution in [0.25, 0.3) is 0 Å². The number of anilines is 1. The lowest BCUT2D eigenvalue weighted by molar-refractivity contribution is -0.144. The molecule has 1 aromatic carbocycles. The van der Waals surface area contributed by atoms with Crippen molar-refractivity contribution in [3.05, 3.63) is 23.8 Å². The molecule has 1 aliphatic rings. The van der Waals surface area contributed by atoms with Gasteiger partial charge in [-0.3, -0.25) is 0 Å². The van der Waals surface area contributed by atoms with Crippen LogP contribution in [0.1, 0.15) is 12.0 Å². The zero-order valence-electron chi connectivity index (χ0n) is 11.1. The number of carbonyl (C=O) groups is 1. The molecule has 0 spiro atoms. The topological polar surface area (TPSA) is 49.8 Å². The van der Waals surface area contributed by atoms with Crippen molar-refractivity contribution in [1.82, 2.24) is 0 Å². The standard InChI is InChI=1S/C13H13BF3NO3/c14-9-3-8(13(15,16)17)4-10(5-9)18-2-1-11(6-18)21-7-12(19)20/h3-5,11H,1-2,6-7H2,(H,19,20). The second-order valence-electron chi connectivity index (χ2n) is 4.87. The van der Waals surface area contributed by atoms with Crippen LogP contribution in [0.15, 0.2) is 18.2 Å². The van der Waals surface area contributed by atoms with Gasteiger partial charge in [0.1, 0.15) is 14.5 Å². The summed E-state index contributed by atoms with van der Waals surface area (Å²) in [5, 5.41) is 8.54. The molecule has 1 saturated heterocycles. The monoisotopic (exact) mass is 299 g/mol. The predicted molar refractivity (Wildman–Crippen MR) is 71.0 cm³/mol. The number of ether oxygens (including phenoxy) is 1. The van der Waals surface area contributed by atoms with E-state index in [4.69, 9.17) is 17.7 Å². The fourth-order valence-electron chi connectivity index (χ4n) is 2.27. The fraction of sp³-hybridized carbons (Fsp3) is 0.462. The molecule has 1 aliphatic heterocycles. The van der Waals surface area contributed by atoms with Crippen LogP contribution in [-0.2, 0) is 15.7 Å². The predicted octanol–water partition coefficient (Wildman–Crippen LogP) is 1.18. The SMILES string of the molecule is [B]c1cc(N2CCC(OCC(=O)O)C2)cc(C(F)(F)F)c1. The van der Waals surface area contributed by atoms with Crippen molar-refractivity contribution in [2.45, 2.75) is 18.7 Å². The molecule has 21 heavy (non-hydrogen) atoms. The number of carboxylic acids is 1. The number of aliphatic carboxylic acids is 1. The van der Waals surface area contributed by atoms with Crippen LogP contribution in [0.2, 0.25) is 0 Å². The fourth-order valence-corrected chi connectivity index (χ4v) is 2.27. The summed E-state index contributed by atoms with van der Waals surface area (Å²) in [6.45, 7) is 0.419. The van der Waals surface area contributed by atoms with Gasteiger partial charge in [0.2, 0.25) is 0 Å². The molecule has 2 rings (SSSR count). The Bertz CT molecular complexity index is 536. The van der Waals surface area contributed by atoms with E-state index in [9.17, 15) is 18.0 Å². The smallest absolute Gasteiger partial charge is 0.416 e. The maximum Gasteiger partial charge on any atom is 0.416 e. The molecule has 112 valence electrons. The Kier molecular flexibility index (Phi) is 4.46. The van der Waals surface area contributed by atoms with Crippen LogP contribution in [0.3, 0.4) is 0 Å². The summed E-state index contributed by atoms with van der Waals surface area (Å²) in [6, 6.07) is 3.39. The van der Waals surface area contributed by atoms with Gasteiger partial charge in [-0.15, -0.1) is 0 Å². The summed E-state index contributed by atoms with van der Waals surface area (Å²) in [5.41, 5.74) is -0.397. The molecule has 0 amide bonds. The first-order valence-electron chi connectivity index (χ1n) is 6.32. The molecule has 0 aliphatic carbocycles. The highest BCUT2D eigenvalue weighted by Gasteiger charge is 2.32. The van der Waals surface area contributed by atoms with E-state index >= 15 is 0 Å². The van der Waals surface area contributed by atoms with Gasteiger partial charge in [-0.05, 0) is 18.6 Å². The first-order chi connectivity index (χ1) is 9.75. The molecule has 2 radical (unpaired) electrons. The van der Waals surface area contributed by atoms with Crippen LogP contribution < -0.4 is 10.4 Å². The third-order valence-corrected chi connectivity index (χ3v) is 3.22. The van der Waals surface area contributed by atoms with Crippen LogP contribution in [0.5, 0.6) is 0 Å². The van der Waals surface area contributed by atoms with Crippen LogP contribution in [0, 0.1) is 0 Å². The Hall–Kier alpha value is -1.70. The second kappa shape index (κ2) is 5.97. The average molecular weight is 299 g/mol. The molecule has 1 atom stereocenters. The number of hydrogen-bond acceptors (Lipinski definition) is 3. The molecule has 1 aromatic rings. The van der Waals surface area contributed by atoms with Gasteiger partial charge in [-0.1, -0.05) is 11.5 Å². The largest absolute Gasteiger partial charge is 0.480 e. The van der Waals surface area contributed by atoms with Crippen LogP contribution in [-0.4, -0.2) is 44.7 Å². The average Bonchev–Trinajstić information content (AvgIpc) is 2.83. The van der Waals surface area contributed by atoms with Gasteiger partial charge in [0.25, 0.3) is 0 Å². The van der Waals surface area contributed by atoms with Crippen molar-refractivity contribution in [2.75, 3.05) is 24.6 Å². The van der Waals surface area contributed by atoms with Crippen molar-refractivity contribution < 1.29 is 27.8 Å². The summed E-state index contributed by atoms with van der Waals surface area (Å²) < 4.78 is 43.4. The van der Waals surface area contributed by atoms with Crippen molar-refractivity contribution in [3.63, 3.8) is 0 Å². The normalized spacial score (nSPS) is 19.0. The highest BCUT2D eigenvalue weighted by molar-refractivity contribution is 6.32. The van der Waals surface area contributed by atoms with Gasteiger partial charge in [0.05, 0.1) is 11.7 Å². The lowest BCUT2D eigenvalue weighted by atomic mass is 9.93. The molecule has 0 saturated carbocycles. The lowest BCUT2D eigenvalue weighted by Crippen LogP contribution is -2.26. The number of benzene rings is 1. The minimum Gasteiger partial charge on any atom is -0.480 e. The number of rotatable bonds is 4. The number of carboxylic acid groups (broad SMARTS) is 1. The Morgan fingerprint density at radius 1 is 1.43 bits per heavy atom. The van der Waals surface area contributed by atoms with Gasteiger partial charge in [-0.25, -0.2) is 4.79 Å². The molecule has 0 bridgehead atoms. The third-order valence-electron chi connectivity index (χ3n) is 3.22.